The molecule has 0 amide bonds. The Morgan fingerprint density at radius 2 is 1.45 bits per heavy atom. The summed E-state index contributed by atoms with van der Waals surface area (Å²) in [5.74, 6) is 0. The second-order valence-electron chi connectivity index (χ2n) is 12.3. The number of nitrogens with zero attached hydrogens (tertiary/aromatic N) is 5. The van der Waals surface area contributed by atoms with Crippen LogP contribution in [0.4, 0.5) is 13.2 Å². The fourth-order valence-corrected chi connectivity index (χ4v) is 5.22. The van der Waals surface area contributed by atoms with Crippen molar-refractivity contribution in [2.24, 2.45) is 10.1 Å². The van der Waals surface area contributed by atoms with E-state index in [1.807, 2.05) is 20.8 Å². The minimum absolute atomic E-state index is 0.529. The molecule has 0 aromatic heterocycles. The van der Waals surface area contributed by atoms with E-state index in [0.29, 0.717) is 12.1 Å². The van der Waals surface area contributed by atoms with Crippen LogP contribution in [-0.2, 0) is 16.6 Å². The van der Waals surface area contributed by atoms with Gasteiger partial charge < -0.3 is 4.90 Å². The first-order valence-electron chi connectivity index (χ1n) is 17.0. The minimum Gasteiger partial charge on any atom is -0.368 e. The summed E-state index contributed by atoms with van der Waals surface area (Å²) in [6, 6.07) is 10.2. The average molecular weight is 713 g/mol. The monoisotopic (exact) mass is 712 g/mol. The molecule has 0 saturated carbocycles. The molecule has 12 heteroatoms. The quantitative estimate of drug-likeness (QED) is 0.214. The van der Waals surface area contributed by atoms with Crippen LogP contribution in [0.1, 0.15) is 99.1 Å². The Hall–Kier alpha value is -2.98. The van der Waals surface area contributed by atoms with Gasteiger partial charge in [-0.25, -0.2) is 18.8 Å². The van der Waals surface area contributed by atoms with Crippen LogP contribution in [0.2, 0.25) is 0 Å². The summed E-state index contributed by atoms with van der Waals surface area (Å²) in [4.78, 5) is 12.7. The number of allylic oxidation sites excluding steroid dienone is 3. The number of piperazine rings is 1. The Labute approximate surface area is 296 Å². The van der Waals surface area contributed by atoms with E-state index in [-0.39, 0.29) is 0 Å². The first-order chi connectivity index (χ1) is 22.8. The van der Waals surface area contributed by atoms with Gasteiger partial charge in [0.05, 0.1) is 17.1 Å². The zero-order valence-electron chi connectivity index (χ0n) is 31.7. The molecule has 0 spiro atoms. The molecule has 2 fully saturated rings. The van der Waals surface area contributed by atoms with Gasteiger partial charge in [-0.05, 0) is 78.6 Å². The van der Waals surface area contributed by atoms with E-state index in [1.165, 1.54) is 55.5 Å². The Morgan fingerprint density at radius 3 is 1.82 bits per heavy atom. The highest BCUT2D eigenvalue weighted by molar-refractivity contribution is 7.90. The molecule has 2 aliphatic rings. The standard InChI is InChI=1S/C29H44N4.C4H10.C2H6.CH2F3NO2S.CHN/c1-21(2)29(22(3)4)30-25(7)26(8)32-17-18-33(24(6)19-32)28-13-15-31(16-14-28)20-27-11-9-23(5)10-12-27;1-3-4-2;1-2;2-1(3,4)8(5,6)7;1-2/h9-12,24,28H,1,8,13-20H2,2-7H3;3-4H2,1-2H3;1-2H3;(H2,5,6,7);1H. The number of primary sulfonamides is 1. The van der Waals surface area contributed by atoms with E-state index in [9.17, 15) is 21.6 Å². The van der Waals surface area contributed by atoms with Gasteiger partial charge in [-0.1, -0.05) is 89.1 Å². The summed E-state index contributed by atoms with van der Waals surface area (Å²) in [6.07, 6.45) is 5.17. The first kappa shape index (κ1) is 48.1. The van der Waals surface area contributed by atoms with Crippen LogP contribution < -0.4 is 5.14 Å². The van der Waals surface area contributed by atoms with Crippen molar-refractivity contribution in [1.82, 2.24) is 14.7 Å². The SMILES string of the molecule is C#N.C=C(C)C(N=C(C)C(=C)N1CCN(C2CCN(Cc3ccc(C)cc3)CC2)C(C)C1)=C(C)C.CC.CCCC.NS(=O)(=O)C(F)(F)F. The van der Waals surface area contributed by atoms with E-state index in [0.717, 1.165) is 48.9 Å². The first-order valence-corrected chi connectivity index (χ1v) is 18.6. The molecular formula is C37H63F3N6O2S. The summed E-state index contributed by atoms with van der Waals surface area (Å²) < 4.78 is 51.2. The van der Waals surface area contributed by atoms with Crippen LogP contribution in [0.25, 0.3) is 0 Å². The molecule has 0 aliphatic carbocycles. The average Bonchev–Trinajstić information content (AvgIpc) is 3.05. The van der Waals surface area contributed by atoms with Gasteiger partial charge in [-0.3, -0.25) is 14.8 Å². The molecule has 2 saturated heterocycles. The third-order valence-electron chi connectivity index (χ3n) is 8.01. The molecule has 8 nitrogen and oxygen atoms in total. The number of nitrogens with two attached hydrogens (primary N) is 1. The Morgan fingerprint density at radius 1 is 0.980 bits per heavy atom. The summed E-state index contributed by atoms with van der Waals surface area (Å²) >= 11 is 0. The van der Waals surface area contributed by atoms with Gasteiger partial charge in [0.25, 0.3) is 0 Å². The summed E-state index contributed by atoms with van der Waals surface area (Å²) in [5.41, 5.74) is 2.71. The van der Waals surface area contributed by atoms with Crippen molar-refractivity contribution >= 4 is 15.7 Å². The number of hydrogen-bond donors (Lipinski definition) is 1. The number of aliphatic imine (C=N–C) groups is 1. The highest BCUT2D eigenvalue weighted by atomic mass is 32.2. The van der Waals surface area contributed by atoms with E-state index < -0.39 is 15.5 Å². The molecule has 0 radical (unpaired) electrons. The molecule has 2 N–H and O–H groups in total. The van der Waals surface area contributed by atoms with Crippen molar-refractivity contribution in [2.75, 3.05) is 32.7 Å². The zero-order chi connectivity index (χ0) is 38.5. The molecule has 1 unspecified atom stereocenters. The Balaban J connectivity index is 0. The predicted molar refractivity (Wildman–Crippen MR) is 200 cm³/mol. The highest BCUT2D eigenvalue weighted by Crippen LogP contribution is 2.25. The number of sulfonamides is 1. The lowest BCUT2D eigenvalue weighted by Crippen LogP contribution is -2.57. The Bertz CT molecular complexity index is 1310. The van der Waals surface area contributed by atoms with Gasteiger partial charge in [-0.15, -0.1) is 0 Å². The zero-order valence-corrected chi connectivity index (χ0v) is 32.5. The van der Waals surface area contributed by atoms with Crippen LogP contribution in [0, 0.1) is 18.8 Å². The molecule has 1 aromatic rings. The van der Waals surface area contributed by atoms with E-state index >= 15 is 0 Å². The number of alkyl halides is 3. The molecule has 280 valence electrons. The number of aryl methyl sites for hydroxylation is 1. The largest absolute Gasteiger partial charge is 0.511 e. The van der Waals surface area contributed by atoms with Gasteiger partial charge >= 0.3 is 15.5 Å². The minimum atomic E-state index is -5.34. The molecule has 1 atom stereocenters. The van der Waals surface area contributed by atoms with Gasteiger partial charge in [0.15, 0.2) is 0 Å². The molecule has 1 aromatic carbocycles. The molecular weight excluding hydrogens is 650 g/mol. The molecule has 3 rings (SSSR count). The predicted octanol–water partition coefficient (Wildman–Crippen LogP) is 8.58. The Kier molecular flexibility index (Phi) is 23.8. The molecule has 0 bridgehead atoms. The van der Waals surface area contributed by atoms with Crippen LogP contribution in [0.15, 0.2) is 65.0 Å². The lowest BCUT2D eigenvalue weighted by molar-refractivity contribution is -0.0436. The fourth-order valence-electron chi connectivity index (χ4n) is 5.22. The number of halogens is 3. The normalized spacial score (nSPS) is 17.3. The summed E-state index contributed by atoms with van der Waals surface area (Å²) in [7, 11) is -5.34. The van der Waals surface area contributed by atoms with Crippen molar-refractivity contribution in [3.63, 3.8) is 0 Å². The number of benzene rings is 1. The van der Waals surface area contributed by atoms with Crippen LogP contribution in [0.5, 0.6) is 0 Å². The number of unbranched alkanes of at least 4 members (excludes halogenated alkanes) is 1. The van der Waals surface area contributed by atoms with Gasteiger partial charge in [0, 0.05) is 44.8 Å². The van der Waals surface area contributed by atoms with Gasteiger partial charge in [0.1, 0.15) is 0 Å². The lowest BCUT2D eigenvalue weighted by atomic mass is 9.99. The molecule has 2 aliphatic heterocycles. The maximum Gasteiger partial charge on any atom is 0.511 e. The smallest absolute Gasteiger partial charge is 0.368 e. The second-order valence-corrected chi connectivity index (χ2v) is 13.8. The van der Waals surface area contributed by atoms with Gasteiger partial charge in [0.2, 0.25) is 0 Å². The topological polar surface area (TPSA) is 106 Å². The van der Waals surface area contributed by atoms with Crippen molar-refractivity contribution in [3.05, 3.63) is 71.1 Å². The summed E-state index contributed by atoms with van der Waals surface area (Å²) in [6.45, 7) is 39.8. The lowest BCUT2D eigenvalue weighted by Gasteiger charge is -2.47. The highest BCUT2D eigenvalue weighted by Gasteiger charge is 2.42. The third-order valence-corrected chi connectivity index (χ3v) is 8.66. The number of rotatable bonds is 8. The van der Waals surface area contributed by atoms with E-state index in [2.05, 4.69) is 112 Å². The maximum absolute atomic E-state index is 10.8. The maximum atomic E-state index is 10.8. The van der Waals surface area contributed by atoms with Crippen molar-refractivity contribution < 1.29 is 21.6 Å². The second kappa shape index (κ2) is 24.2. The summed E-state index contributed by atoms with van der Waals surface area (Å²) in [5, 5.41) is 10.2. The van der Waals surface area contributed by atoms with Gasteiger partial charge in [-0.2, -0.15) is 13.2 Å². The number of piperidine rings is 1. The van der Waals surface area contributed by atoms with Crippen LogP contribution in [-0.4, -0.2) is 79.1 Å². The number of likely N-dealkylation sites (tertiary alicyclic amines) is 1. The van der Waals surface area contributed by atoms with Crippen molar-refractivity contribution in [1.29, 1.82) is 5.26 Å². The van der Waals surface area contributed by atoms with E-state index in [1.54, 1.807) is 0 Å². The van der Waals surface area contributed by atoms with Crippen molar-refractivity contribution in [3.8, 4) is 6.57 Å². The fraction of sp³-hybridized carbons (Fsp3) is 0.622. The molecule has 2 heterocycles. The van der Waals surface area contributed by atoms with E-state index in [4.69, 9.17) is 10.3 Å². The number of hydrogen-bond acceptors (Lipinski definition) is 7. The number of nitriles is 1. The molecule has 49 heavy (non-hydrogen) atoms. The third kappa shape index (κ3) is 18.0. The van der Waals surface area contributed by atoms with Crippen LogP contribution in [0.3, 0.4) is 0 Å². The van der Waals surface area contributed by atoms with Crippen molar-refractivity contribution in [2.45, 2.75) is 119 Å². The van der Waals surface area contributed by atoms with Crippen LogP contribution >= 0.6 is 0 Å².